The van der Waals surface area contributed by atoms with Crippen LogP contribution in [0.3, 0.4) is 0 Å². The molecule has 0 radical (unpaired) electrons. The molecule has 3 N–H and O–H groups in total. The number of anilines is 2. The molecule has 0 aliphatic rings. The van der Waals surface area contributed by atoms with Crippen molar-refractivity contribution in [3.05, 3.63) is 12.4 Å². The van der Waals surface area contributed by atoms with Crippen LogP contribution in [-0.2, 0) is 0 Å². The van der Waals surface area contributed by atoms with E-state index in [-0.39, 0.29) is 6.04 Å². The van der Waals surface area contributed by atoms with Gasteiger partial charge in [-0.3, -0.25) is 0 Å². The van der Waals surface area contributed by atoms with Crippen molar-refractivity contribution in [1.82, 2.24) is 9.97 Å². The molecule has 108 valence electrons. The van der Waals surface area contributed by atoms with Crippen molar-refractivity contribution in [2.24, 2.45) is 11.7 Å². The van der Waals surface area contributed by atoms with Gasteiger partial charge < -0.3 is 16.0 Å². The van der Waals surface area contributed by atoms with Gasteiger partial charge in [-0.25, -0.2) is 9.97 Å². The van der Waals surface area contributed by atoms with Crippen LogP contribution in [0.2, 0.25) is 0 Å². The van der Waals surface area contributed by atoms with E-state index in [0.29, 0.717) is 6.54 Å². The third-order valence-electron chi connectivity index (χ3n) is 3.07. The molecule has 0 aromatic carbocycles. The number of hydrogen-bond donors (Lipinski definition) is 2. The molecule has 0 amide bonds. The van der Waals surface area contributed by atoms with Gasteiger partial charge >= 0.3 is 0 Å². The van der Waals surface area contributed by atoms with Crippen molar-refractivity contribution in [1.29, 1.82) is 0 Å². The molecular formula is C14H27N5. The Morgan fingerprint density at radius 3 is 2.68 bits per heavy atom. The first-order valence-electron chi connectivity index (χ1n) is 7.02. The van der Waals surface area contributed by atoms with Crippen LogP contribution >= 0.6 is 0 Å². The first-order valence-corrected chi connectivity index (χ1v) is 7.02. The second-order valence-electron chi connectivity index (χ2n) is 5.50. The Bertz CT molecular complexity index is 367. The quantitative estimate of drug-likeness (QED) is 0.753. The van der Waals surface area contributed by atoms with Gasteiger partial charge in [0.2, 0.25) is 0 Å². The van der Waals surface area contributed by atoms with E-state index in [2.05, 4.69) is 41.1 Å². The highest BCUT2D eigenvalue weighted by Crippen LogP contribution is 2.14. The topological polar surface area (TPSA) is 67.1 Å². The maximum Gasteiger partial charge on any atom is 0.133 e. The Labute approximate surface area is 116 Å². The standard InChI is InChI=1S/C14H27N5/c1-11(2)6-5-7-19(4)14-8-13(16-10-17-14)18-12(3)9-15/h8,10-12H,5-7,9,15H2,1-4H3,(H,16,17,18). The lowest BCUT2D eigenvalue weighted by Gasteiger charge is -2.20. The highest BCUT2D eigenvalue weighted by molar-refractivity contribution is 5.48. The van der Waals surface area contributed by atoms with Crippen LogP contribution in [0.15, 0.2) is 12.4 Å². The van der Waals surface area contributed by atoms with Crippen molar-refractivity contribution in [2.75, 3.05) is 30.4 Å². The van der Waals surface area contributed by atoms with Crippen LogP contribution in [0.5, 0.6) is 0 Å². The molecule has 0 saturated heterocycles. The van der Waals surface area contributed by atoms with E-state index in [1.54, 1.807) is 6.33 Å². The molecule has 1 aromatic rings. The van der Waals surface area contributed by atoms with Crippen molar-refractivity contribution < 1.29 is 0 Å². The summed E-state index contributed by atoms with van der Waals surface area (Å²) in [7, 11) is 2.07. The maximum atomic E-state index is 5.60. The Hall–Kier alpha value is -1.36. The minimum Gasteiger partial charge on any atom is -0.366 e. The van der Waals surface area contributed by atoms with Crippen LogP contribution in [0.25, 0.3) is 0 Å². The summed E-state index contributed by atoms with van der Waals surface area (Å²) in [5.74, 6) is 2.53. The smallest absolute Gasteiger partial charge is 0.133 e. The van der Waals surface area contributed by atoms with Gasteiger partial charge in [0.1, 0.15) is 18.0 Å². The van der Waals surface area contributed by atoms with E-state index in [4.69, 9.17) is 5.73 Å². The minimum atomic E-state index is 0.217. The van der Waals surface area contributed by atoms with Crippen molar-refractivity contribution in [2.45, 2.75) is 39.7 Å². The molecular weight excluding hydrogens is 238 g/mol. The van der Waals surface area contributed by atoms with Gasteiger partial charge in [0.15, 0.2) is 0 Å². The zero-order valence-electron chi connectivity index (χ0n) is 12.6. The van der Waals surface area contributed by atoms with E-state index in [0.717, 1.165) is 24.1 Å². The van der Waals surface area contributed by atoms with Crippen LogP contribution < -0.4 is 16.0 Å². The van der Waals surface area contributed by atoms with E-state index in [1.165, 1.54) is 12.8 Å². The monoisotopic (exact) mass is 265 g/mol. The highest BCUT2D eigenvalue weighted by atomic mass is 15.2. The zero-order chi connectivity index (χ0) is 14.3. The summed E-state index contributed by atoms with van der Waals surface area (Å²) in [4.78, 5) is 10.7. The first kappa shape index (κ1) is 15.7. The molecule has 0 saturated carbocycles. The fourth-order valence-corrected chi connectivity index (χ4v) is 1.80. The zero-order valence-corrected chi connectivity index (χ0v) is 12.6. The summed E-state index contributed by atoms with van der Waals surface area (Å²) in [5, 5.41) is 3.26. The normalized spacial score (nSPS) is 12.5. The average molecular weight is 265 g/mol. The summed E-state index contributed by atoms with van der Waals surface area (Å²) in [6.45, 7) is 8.14. The predicted molar refractivity (Wildman–Crippen MR) is 81.5 cm³/mol. The molecule has 0 aliphatic carbocycles. The van der Waals surface area contributed by atoms with E-state index >= 15 is 0 Å². The molecule has 0 aliphatic heterocycles. The number of nitrogens with zero attached hydrogens (tertiary/aromatic N) is 3. The average Bonchev–Trinajstić information content (AvgIpc) is 2.38. The number of nitrogens with one attached hydrogen (secondary N) is 1. The molecule has 1 unspecified atom stereocenters. The number of rotatable bonds is 8. The molecule has 0 spiro atoms. The lowest BCUT2D eigenvalue weighted by molar-refractivity contribution is 0.555. The van der Waals surface area contributed by atoms with Crippen LogP contribution in [0.1, 0.15) is 33.6 Å². The van der Waals surface area contributed by atoms with E-state index < -0.39 is 0 Å². The van der Waals surface area contributed by atoms with Gasteiger partial charge in [0.25, 0.3) is 0 Å². The molecule has 19 heavy (non-hydrogen) atoms. The Morgan fingerprint density at radius 2 is 2.05 bits per heavy atom. The Balaban J connectivity index is 2.54. The van der Waals surface area contributed by atoms with Gasteiger partial charge in [-0.15, -0.1) is 0 Å². The molecule has 1 heterocycles. The van der Waals surface area contributed by atoms with E-state index in [9.17, 15) is 0 Å². The second kappa shape index (κ2) is 7.94. The minimum absolute atomic E-state index is 0.217. The van der Waals surface area contributed by atoms with Gasteiger partial charge in [0.05, 0.1) is 0 Å². The fraction of sp³-hybridized carbons (Fsp3) is 0.714. The highest BCUT2D eigenvalue weighted by Gasteiger charge is 2.06. The van der Waals surface area contributed by atoms with Crippen molar-refractivity contribution in [3.63, 3.8) is 0 Å². The number of nitrogens with two attached hydrogens (primary N) is 1. The summed E-state index contributed by atoms with van der Waals surface area (Å²) in [6.07, 6.45) is 4.02. The predicted octanol–water partition coefficient (Wildman–Crippen LogP) is 2.11. The molecule has 1 atom stereocenters. The molecule has 1 aromatic heterocycles. The first-order chi connectivity index (χ1) is 9.02. The Kier molecular flexibility index (Phi) is 6.56. The third kappa shape index (κ3) is 5.87. The maximum absolute atomic E-state index is 5.60. The number of hydrogen-bond acceptors (Lipinski definition) is 5. The van der Waals surface area contributed by atoms with Crippen molar-refractivity contribution in [3.8, 4) is 0 Å². The van der Waals surface area contributed by atoms with Crippen LogP contribution in [-0.4, -0.2) is 36.1 Å². The molecule has 5 nitrogen and oxygen atoms in total. The van der Waals surface area contributed by atoms with Gasteiger partial charge in [0, 0.05) is 32.2 Å². The van der Waals surface area contributed by atoms with Crippen molar-refractivity contribution >= 4 is 11.6 Å². The SMILES string of the molecule is CC(C)CCCN(C)c1cc(NC(C)CN)ncn1. The van der Waals surface area contributed by atoms with Crippen LogP contribution in [0, 0.1) is 5.92 Å². The molecule has 0 bridgehead atoms. The van der Waals surface area contributed by atoms with Crippen LogP contribution in [0.4, 0.5) is 11.6 Å². The third-order valence-corrected chi connectivity index (χ3v) is 3.07. The molecule has 5 heteroatoms. The Morgan fingerprint density at radius 1 is 1.32 bits per heavy atom. The summed E-state index contributed by atoms with van der Waals surface area (Å²) < 4.78 is 0. The largest absolute Gasteiger partial charge is 0.366 e. The molecule has 0 fully saturated rings. The second-order valence-corrected chi connectivity index (χ2v) is 5.50. The van der Waals surface area contributed by atoms with Gasteiger partial charge in [-0.05, 0) is 25.7 Å². The van der Waals surface area contributed by atoms with E-state index in [1.807, 2.05) is 13.0 Å². The fourth-order valence-electron chi connectivity index (χ4n) is 1.80. The lowest BCUT2D eigenvalue weighted by atomic mass is 10.1. The number of aromatic nitrogens is 2. The summed E-state index contributed by atoms with van der Waals surface area (Å²) >= 11 is 0. The van der Waals surface area contributed by atoms with Gasteiger partial charge in [-0.2, -0.15) is 0 Å². The summed E-state index contributed by atoms with van der Waals surface area (Å²) in [5.41, 5.74) is 5.60. The summed E-state index contributed by atoms with van der Waals surface area (Å²) in [6, 6.07) is 2.19. The van der Waals surface area contributed by atoms with Gasteiger partial charge in [-0.1, -0.05) is 13.8 Å². The molecule has 1 rings (SSSR count). The lowest BCUT2D eigenvalue weighted by Crippen LogP contribution is -2.26.